The van der Waals surface area contributed by atoms with Gasteiger partial charge in [-0.05, 0) is 36.2 Å². The Kier molecular flexibility index (Phi) is 4.61. The van der Waals surface area contributed by atoms with Crippen molar-refractivity contribution in [1.82, 2.24) is 14.9 Å². The van der Waals surface area contributed by atoms with Crippen molar-refractivity contribution < 1.29 is 4.79 Å². The van der Waals surface area contributed by atoms with Gasteiger partial charge >= 0.3 is 0 Å². The van der Waals surface area contributed by atoms with Crippen LogP contribution in [0.3, 0.4) is 0 Å². The molecule has 0 unspecified atom stereocenters. The van der Waals surface area contributed by atoms with E-state index >= 15 is 0 Å². The maximum Gasteiger partial charge on any atom is 0.228 e. The molecule has 2 aromatic rings. The third-order valence-electron chi connectivity index (χ3n) is 2.97. The molecule has 0 bridgehead atoms. The fourth-order valence-corrected chi connectivity index (χ4v) is 1.76. The molecule has 0 fully saturated rings. The van der Waals surface area contributed by atoms with E-state index in [4.69, 9.17) is 0 Å². The second-order valence-corrected chi connectivity index (χ2v) is 4.42. The van der Waals surface area contributed by atoms with E-state index in [0.717, 1.165) is 12.1 Å². The molecule has 4 heteroatoms. The Hall–Kier alpha value is -2.23. The first-order chi connectivity index (χ1) is 9.25. The number of aromatic nitrogens is 2. The SMILES string of the molecule is CN(CCc1ccncc1)C(=O)Cc1ccccn1. The summed E-state index contributed by atoms with van der Waals surface area (Å²) >= 11 is 0. The van der Waals surface area contributed by atoms with Crippen molar-refractivity contribution in [2.75, 3.05) is 13.6 Å². The molecule has 0 aliphatic heterocycles. The van der Waals surface area contributed by atoms with Crippen LogP contribution in [0.2, 0.25) is 0 Å². The summed E-state index contributed by atoms with van der Waals surface area (Å²) < 4.78 is 0. The number of hydrogen-bond acceptors (Lipinski definition) is 3. The number of rotatable bonds is 5. The van der Waals surface area contributed by atoms with Gasteiger partial charge < -0.3 is 4.90 Å². The van der Waals surface area contributed by atoms with Crippen LogP contribution in [0.5, 0.6) is 0 Å². The molecule has 2 aromatic heterocycles. The summed E-state index contributed by atoms with van der Waals surface area (Å²) in [7, 11) is 1.83. The minimum Gasteiger partial charge on any atom is -0.345 e. The lowest BCUT2D eigenvalue weighted by Gasteiger charge is -2.16. The van der Waals surface area contributed by atoms with Crippen molar-refractivity contribution in [3.05, 3.63) is 60.2 Å². The molecule has 0 radical (unpaired) electrons. The summed E-state index contributed by atoms with van der Waals surface area (Å²) in [5, 5.41) is 0. The Bertz CT molecular complexity index is 513. The standard InChI is InChI=1S/C15H17N3O/c1-18(11-7-13-5-9-16-10-6-13)15(19)12-14-4-2-3-8-17-14/h2-6,8-10H,7,11-12H2,1H3. The smallest absolute Gasteiger partial charge is 0.228 e. The number of carbonyl (C=O) groups is 1. The first-order valence-electron chi connectivity index (χ1n) is 6.28. The largest absolute Gasteiger partial charge is 0.345 e. The molecule has 0 aromatic carbocycles. The lowest BCUT2D eigenvalue weighted by molar-refractivity contribution is -0.129. The molecule has 0 saturated heterocycles. The number of carbonyl (C=O) groups excluding carboxylic acids is 1. The Morgan fingerprint density at radius 3 is 2.63 bits per heavy atom. The van der Waals surface area contributed by atoms with Gasteiger partial charge in [0.1, 0.15) is 0 Å². The van der Waals surface area contributed by atoms with Gasteiger partial charge in [-0.25, -0.2) is 0 Å². The van der Waals surface area contributed by atoms with Gasteiger partial charge in [-0.15, -0.1) is 0 Å². The predicted octanol–water partition coefficient (Wildman–Crippen LogP) is 1.72. The maximum atomic E-state index is 12.0. The molecule has 1 amide bonds. The average molecular weight is 255 g/mol. The minimum atomic E-state index is 0.0905. The zero-order valence-electron chi connectivity index (χ0n) is 11.0. The fraction of sp³-hybridized carbons (Fsp3) is 0.267. The Morgan fingerprint density at radius 2 is 1.95 bits per heavy atom. The van der Waals surface area contributed by atoms with Crippen molar-refractivity contribution in [2.24, 2.45) is 0 Å². The van der Waals surface area contributed by atoms with E-state index < -0.39 is 0 Å². The second kappa shape index (κ2) is 6.64. The van der Waals surface area contributed by atoms with Gasteiger partial charge in [-0.2, -0.15) is 0 Å². The van der Waals surface area contributed by atoms with Crippen LogP contribution in [0, 0.1) is 0 Å². The Balaban J connectivity index is 1.83. The van der Waals surface area contributed by atoms with Gasteiger partial charge in [-0.1, -0.05) is 6.07 Å². The Labute approximate surface area is 113 Å². The van der Waals surface area contributed by atoms with Crippen molar-refractivity contribution in [3.8, 4) is 0 Å². The van der Waals surface area contributed by atoms with Crippen LogP contribution < -0.4 is 0 Å². The normalized spacial score (nSPS) is 10.2. The van der Waals surface area contributed by atoms with E-state index in [9.17, 15) is 4.79 Å². The van der Waals surface area contributed by atoms with E-state index in [0.29, 0.717) is 13.0 Å². The number of nitrogens with zero attached hydrogens (tertiary/aromatic N) is 3. The molecule has 0 spiro atoms. The zero-order chi connectivity index (χ0) is 13.5. The van der Waals surface area contributed by atoms with Gasteiger partial charge in [-0.3, -0.25) is 14.8 Å². The second-order valence-electron chi connectivity index (χ2n) is 4.42. The number of amides is 1. The third-order valence-corrected chi connectivity index (χ3v) is 2.97. The number of pyridine rings is 2. The average Bonchev–Trinajstić information content (AvgIpc) is 2.47. The molecule has 98 valence electrons. The minimum absolute atomic E-state index is 0.0905. The van der Waals surface area contributed by atoms with Crippen LogP contribution in [0.1, 0.15) is 11.3 Å². The first-order valence-corrected chi connectivity index (χ1v) is 6.28. The predicted molar refractivity (Wildman–Crippen MR) is 73.5 cm³/mol. The highest BCUT2D eigenvalue weighted by Crippen LogP contribution is 2.02. The molecule has 0 aliphatic rings. The fourth-order valence-electron chi connectivity index (χ4n) is 1.76. The summed E-state index contributed by atoms with van der Waals surface area (Å²) in [6.45, 7) is 0.704. The van der Waals surface area contributed by atoms with Crippen LogP contribution in [-0.2, 0) is 17.6 Å². The summed E-state index contributed by atoms with van der Waals surface area (Å²) in [6, 6.07) is 9.55. The van der Waals surface area contributed by atoms with E-state index in [-0.39, 0.29) is 5.91 Å². The summed E-state index contributed by atoms with van der Waals surface area (Å²) in [5.74, 6) is 0.0905. The topological polar surface area (TPSA) is 46.1 Å². The molecule has 0 N–H and O–H groups in total. The summed E-state index contributed by atoms with van der Waals surface area (Å²) in [6.07, 6.45) is 6.44. The summed E-state index contributed by atoms with van der Waals surface area (Å²) in [5.41, 5.74) is 2.00. The van der Waals surface area contributed by atoms with Crippen LogP contribution in [0.15, 0.2) is 48.9 Å². The molecule has 4 nitrogen and oxygen atoms in total. The van der Waals surface area contributed by atoms with Gasteiger partial charge in [0.15, 0.2) is 0 Å². The van der Waals surface area contributed by atoms with E-state index in [1.54, 1.807) is 23.5 Å². The van der Waals surface area contributed by atoms with Crippen LogP contribution in [0.25, 0.3) is 0 Å². The lowest BCUT2D eigenvalue weighted by Crippen LogP contribution is -2.30. The highest BCUT2D eigenvalue weighted by atomic mass is 16.2. The van der Waals surface area contributed by atoms with E-state index in [2.05, 4.69) is 9.97 Å². The molecule has 2 rings (SSSR count). The highest BCUT2D eigenvalue weighted by Gasteiger charge is 2.10. The molecule has 0 saturated carbocycles. The molecule has 0 atom stereocenters. The highest BCUT2D eigenvalue weighted by molar-refractivity contribution is 5.78. The first kappa shape index (κ1) is 13.2. The number of likely N-dealkylation sites (N-methyl/N-ethyl adjacent to an activating group) is 1. The van der Waals surface area contributed by atoms with Crippen molar-refractivity contribution >= 4 is 5.91 Å². The van der Waals surface area contributed by atoms with Crippen LogP contribution >= 0.6 is 0 Å². The molecular weight excluding hydrogens is 238 g/mol. The lowest BCUT2D eigenvalue weighted by atomic mass is 10.2. The monoisotopic (exact) mass is 255 g/mol. The van der Waals surface area contributed by atoms with Crippen molar-refractivity contribution in [1.29, 1.82) is 0 Å². The molecule has 2 heterocycles. The zero-order valence-corrected chi connectivity index (χ0v) is 11.0. The quantitative estimate of drug-likeness (QED) is 0.817. The third kappa shape index (κ3) is 4.17. The van der Waals surface area contributed by atoms with Crippen molar-refractivity contribution in [3.63, 3.8) is 0 Å². The van der Waals surface area contributed by atoms with E-state index in [1.807, 2.05) is 37.4 Å². The number of hydrogen-bond donors (Lipinski definition) is 0. The molecule has 0 aliphatic carbocycles. The maximum absolute atomic E-state index is 12.0. The van der Waals surface area contributed by atoms with Gasteiger partial charge in [0, 0.05) is 37.9 Å². The van der Waals surface area contributed by atoms with Gasteiger partial charge in [0.25, 0.3) is 0 Å². The molecule has 19 heavy (non-hydrogen) atoms. The van der Waals surface area contributed by atoms with Crippen molar-refractivity contribution in [2.45, 2.75) is 12.8 Å². The Morgan fingerprint density at radius 1 is 1.16 bits per heavy atom. The molecular formula is C15H17N3O. The summed E-state index contributed by atoms with van der Waals surface area (Å²) in [4.78, 5) is 21.9. The van der Waals surface area contributed by atoms with E-state index in [1.165, 1.54) is 5.56 Å². The van der Waals surface area contributed by atoms with Gasteiger partial charge in [0.05, 0.1) is 6.42 Å². The van der Waals surface area contributed by atoms with Crippen LogP contribution in [-0.4, -0.2) is 34.4 Å². The van der Waals surface area contributed by atoms with Gasteiger partial charge in [0.2, 0.25) is 5.91 Å². The van der Waals surface area contributed by atoms with Crippen LogP contribution in [0.4, 0.5) is 0 Å².